The van der Waals surface area contributed by atoms with E-state index in [2.05, 4.69) is 20.5 Å². The average Bonchev–Trinajstić information content (AvgIpc) is 3.01. The lowest BCUT2D eigenvalue weighted by Gasteiger charge is -2.08. The molecule has 26 heavy (non-hydrogen) atoms. The highest BCUT2D eigenvalue weighted by molar-refractivity contribution is 7.13. The molecule has 3 aromatic rings. The van der Waals surface area contributed by atoms with Gasteiger partial charge >= 0.3 is 6.18 Å². The minimum absolute atomic E-state index is 0.0835. The fourth-order valence-corrected chi connectivity index (χ4v) is 2.56. The van der Waals surface area contributed by atoms with Crippen molar-refractivity contribution in [1.29, 1.82) is 0 Å². The van der Waals surface area contributed by atoms with Gasteiger partial charge in [0.2, 0.25) is 11.0 Å². The van der Waals surface area contributed by atoms with E-state index < -0.39 is 11.7 Å². The molecule has 0 aliphatic carbocycles. The molecule has 0 spiro atoms. The third kappa shape index (κ3) is 4.79. The highest BCUT2D eigenvalue weighted by Gasteiger charge is 2.30. The number of anilines is 1. The molecule has 0 saturated carbocycles. The van der Waals surface area contributed by atoms with Crippen LogP contribution in [-0.2, 0) is 6.18 Å². The Kier molecular flexibility index (Phi) is 5.17. The van der Waals surface area contributed by atoms with E-state index in [1.807, 2.05) is 12.3 Å². The van der Waals surface area contributed by atoms with Crippen LogP contribution in [0.2, 0.25) is 0 Å². The molecule has 2 aromatic heterocycles. The third-order valence-corrected chi connectivity index (χ3v) is 4.02. The first-order valence-electron chi connectivity index (χ1n) is 7.42. The van der Waals surface area contributed by atoms with Crippen LogP contribution < -0.4 is 10.2 Å². The molecular weight excluding hydrogens is 365 g/mol. The Morgan fingerprint density at radius 3 is 2.50 bits per heavy atom. The number of alkyl halides is 3. The van der Waals surface area contributed by atoms with E-state index in [9.17, 15) is 13.2 Å². The van der Waals surface area contributed by atoms with E-state index in [4.69, 9.17) is 4.74 Å². The number of ether oxygens (including phenoxy) is 1. The predicted molar refractivity (Wildman–Crippen MR) is 93.8 cm³/mol. The second kappa shape index (κ2) is 7.52. The number of halogens is 3. The number of aromatic nitrogens is 2. The normalized spacial score (nSPS) is 11.7. The van der Waals surface area contributed by atoms with Crippen molar-refractivity contribution in [2.45, 2.75) is 13.1 Å². The van der Waals surface area contributed by atoms with Crippen LogP contribution in [-0.4, -0.2) is 16.2 Å². The lowest BCUT2D eigenvalue weighted by molar-refractivity contribution is -0.137. The predicted octanol–water partition coefficient (Wildman–Crippen LogP) is 5.10. The Balaban J connectivity index is 1.59. The lowest BCUT2D eigenvalue weighted by Crippen LogP contribution is -2.05. The SMILES string of the molecule is Cc1csc(NN=Cc2ccc(Oc3ccc(C(F)(F)F)cn3)cc2)n1. The van der Waals surface area contributed by atoms with Gasteiger partial charge in [0.05, 0.1) is 17.5 Å². The Morgan fingerprint density at radius 2 is 1.92 bits per heavy atom. The number of rotatable bonds is 5. The molecule has 0 amide bonds. The molecule has 5 nitrogen and oxygen atoms in total. The van der Waals surface area contributed by atoms with Gasteiger partial charge in [-0.3, -0.25) is 5.43 Å². The number of hydrazone groups is 1. The number of hydrogen-bond acceptors (Lipinski definition) is 6. The number of thiazole rings is 1. The molecular formula is C17H13F3N4OS. The van der Waals surface area contributed by atoms with Crippen molar-refractivity contribution >= 4 is 22.7 Å². The van der Waals surface area contributed by atoms with Crippen LogP contribution in [0.5, 0.6) is 11.6 Å². The lowest BCUT2D eigenvalue weighted by atomic mass is 10.2. The van der Waals surface area contributed by atoms with Crippen molar-refractivity contribution in [3.8, 4) is 11.6 Å². The van der Waals surface area contributed by atoms with E-state index in [0.717, 1.165) is 23.5 Å². The molecule has 0 atom stereocenters. The zero-order valence-electron chi connectivity index (χ0n) is 13.5. The number of pyridine rings is 1. The van der Waals surface area contributed by atoms with Gasteiger partial charge in [0.15, 0.2) is 0 Å². The van der Waals surface area contributed by atoms with Crippen LogP contribution in [0.1, 0.15) is 16.8 Å². The van der Waals surface area contributed by atoms with Crippen molar-refractivity contribution in [2.24, 2.45) is 5.10 Å². The van der Waals surface area contributed by atoms with Gasteiger partial charge in [-0.05, 0) is 42.8 Å². The summed E-state index contributed by atoms with van der Waals surface area (Å²) in [5, 5.41) is 6.70. The molecule has 1 aromatic carbocycles. The van der Waals surface area contributed by atoms with Crippen LogP contribution in [0, 0.1) is 6.92 Å². The summed E-state index contributed by atoms with van der Waals surface area (Å²) in [6, 6.07) is 8.98. The molecule has 2 heterocycles. The zero-order valence-corrected chi connectivity index (χ0v) is 14.3. The molecule has 9 heteroatoms. The number of aryl methyl sites for hydroxylation is 1. The number of nitrogens with one attached hydrogen (secondary N) is 1. The summed E-state index contributed by atoms with van der Waals surface area (Å²) in [7, 11) is 0. The van der Waals surface area contributed by atoms with Gasteiger partial charge in [-0.15, -0.1) is 11.3 Å². The second-order valence-corrected chi connectivity index (χ2v) is 6.08. The molecule has 0 saturated heterocycles. The van der Waals surface area contributed by atoms with E-state index in [1.165, 1.54) is 17.4 Å². The molecule has 0 fully saturated rings. The first kappa shape index (κ1) is 17.9. The Morgan fingerprint density at radius 1 is 1.15 bits per heavy atom. The summed E-state index contributed by atoms with van der Waals surface area (Å²) >= 11 is 1.46. The maximum Gasteiger partial charge on any atom is 0.417 e. The van der Waals surface area contributed by atoms with E-state index in [-0.39, 0.29) is 5.88 Å². The molecule has 134 valence electrons. The molecule has 1 N–H and O–H groups in total. The second-order valence-electron chi connectivity index (χ2n) is 5.22. The van der Waals surface area contributed by atoms with Gasteiger partial charge in [-0.1, -0.05) is 0 Å². The molecule has 0 aliphatic rings. The number of hydrogen-bond donors (Lipinski definition) is 1. The summed E-state index contributed by atoms with van der Waals surface area (Å²) in [4.78, 5) is 7.88. The maximum atomic E-state index is 12.5. The Labute approximate surface area is 151 Å². The molecule has 0 bridgehead atoms. The largest absolute Gasteiger partial charge is 0.439 e. The maximum absolute atomic E-state index is 12.5. The minimum Gasteiger partial charge on any atom is -0.439 e. The molecule has 3 rings (SSSR count). The van der Waals surface area contributed by atoms with Gasteiger partial charge in [-0.2, -0.15) is 18.3 Å². The zero-order chi connectivity index (χ0) is 18.6. The van der Waals surface area contributed by atoms with Crippen molar-refractivity contribution in [2.75, 3.05) is 5.43 Å². The van der Waals surface area contributed by atoms with Crippen LogP contribution in [0.25, 0.3) is 0 Å². The Bertz CT molecular complexity index is 890. The minimum atomic E-state index is -4.42. The van der Waals surface area contributed by atoms with Crippen molar-refractivity contribution in [3.63, 3.8) is 0 Å². The van der Waals surface area contributed by atoms with Gasteiger partial charge in [0.1, 0.15) is 5.75 Å². The first-order valence-corrected chi connectivity index (χ1v) is 8.30. The van der Waals surface area contributed by atoms with Gasteiger partial charge in [-0.25, -0.2) is 9.97 Å². The summed E-state index contributed by atoms with van der Waals surface area (Å²) in [5.74, 6) is 0.540. The summed E-state index contributed by atoms with van der Waals surface area (Å²) in [6.45, 7) is 1.90. The molecule has 0 unspecified atom stereocenters. The van der Waals surface area contributed by atoms with E-state index in [1.54, 1.807) is 30.5 Å². The van der Waals surface area contributed by atoms with Crippen molar-refractivity contribution in [1.82, 2.24) is 9.97 Å². The van der Waals surface area contributed by atoms with Crippen LogP contribution in [0.3, 0.4) is 0 Å². The molecule has 0 radical (unpaired) electrons. The van der Waals surface area contributed by atoms with Gasteiger partial charge < -0.3 is 4.74 Å². The van der Waals surface area contributed by atoms with Crippen LogP contribution >= 0.6 is 11.3 Å². The number of nitrogens with zero attached hydrogens (tertiary/aromatic N) is 3. The van der Waals surface area contributed by atoms with Crippen molar-refractivity contribution < 1.29 is 17.9 Å². The Hall–Kier alpha value is -2.94. The standard InChI is InChI=1S/C17H13F3N4OS/c1-11-10-26-16(23-11)24-22-8-12-2-5-14(6-3-12)25-15-7-4-13(9-21-15)17(18,19)20/h2-10H,1H3,(H,23,24). The smallest absolute Gasteiger partial charge is 0.417 e. The van der Waals surface area contributed by atoms with E-state index in [0.29, 0.717) is 10.9 Å². The topological polar surface area (TPSA) is 59.4 Å². The highest BCUT2D eigenvalue weighted by atomic mass is 32.1. The summed E-state index contributed by atoms with van der Waals surface area (Å²) in [6.07, 6.45) is -2.06. The van der Waals surface area contributed by atoms with Crippen LogP contribution in [0.4, 0.5) is 18.3 Å². The fraction of sp³-hybridized carbons (Fsp3) is 0.118. The van der Waals surface area contributed by atoms with E-state index >= 15 is 0 Å². The summed E-state index contributed by atoms with van der Waals surface area (Å²) < 4.78 is 42.9. The van der Waals surface area contributed by atoms with Gasteiger partial charge in [0, 0.05) is 17.6 Å². The highest BCUT2D eigenvalue weighted by Crippen LogP contribution is 2.30. The quantitative estimate of drug-likeness (QED) is 0.495. The third-order valence-electron chi connectivity index (χ3n) is 3.16. The first-order chi connectivity index (χ1) is 12.4. The number of benzene rings is 1. The average molecular weight is 378 g/mol. The molecule has 0 aliphatic heterocycles. The fourth-order valence-electron chi connectivity index (χ4n) is 1.92. The summed E-state index contributed by atoms with van der Waals surface area (Å²) in [5.41, 5.74) is 3.75. The monoisotopic (exact) mass is 378 g/mol. The van der Waals surface area contributed by atoms with Crippen molar-refractivity contribution in [3.05, 3.63) is 64.8 Å². The van der Waals surface area contributed by atoms with Crippen LogP contribution in [0.15, 0.2) is 53.1 Å². The van der Waals surface area contributed by atoms with Gasteiger partial charge in [0.25, 0.3) is 0 Å².